The molecule has 0 radical (unpaired) electrons. The largest absolute Gasteiger partial charge is 0.373 e. The fourth-order valence-electron chi connectivity index (χ4n) is 2.49. The molecule has 0 aliphatic heterocycles. The third kappa shape index (κ3) is 2.59. The molecule has 2 heterocycles. The van der Waals surface area contributed by atoms with Gasteiger partial charge in [-0.15, -0.1) is 0 Å². The molecule has 0 unspecified atom stereocenters. The summed E-state index contributed by atoms with van der Waals surface area (Å²) in [5, 5.41) is 3.19. The molecule has 0 bridgehead atoms. The first-order valence-electron chi connectivity index (χ1n) is 6.58. The minimum atomic E-state index is 0.675. The summed E-state index contributed by atoms with van der Waals surface area (Å²) in [5.41, 5.74) is 3.19. The van der Waals surface area contributed by atoms with Crippen LogP contribution in [0.15, 0.2) is 21.2 Å². The van der Waals surface area contributed by atoms with Crippen LogP contribution < -0.4 is 5.32 Å². The van der Waals surface area contributed by atoms with Gasteiger partial charge in [-0.2, -0.15) is 0 Å². The van der Waals surface area contributed by atoms with Crippen molar-refractivity contribution >= 4 is 37.7 Å². The normalized spacial score (nSPS) is 13.9. The van der Waals surface area contributed by atoms with Crippen molar-refractivity contribution in [1.82, 2.24) is 15.0 Å². The number of rotatable bonds is 2. The molecule has 4 nitrogen and oxygen atoms in total. The third-order valence-electron chi connectivity index (χ3n) is 3.44. The zero-order chi connectivity index (χ0) is 14.1. The Morgan fingerprint density at radius 3 is 2.70 bits per heavy atom. The zero-order valence-electron chi connectivity index (χ0n) is 11.1. The van der Waals surface area contributed by atoms with E-state index in [9.17, 15) is 0 Å². The summed E-state index contributed by atoms with van der Waals surface area (Å²) in [6, 6.07) is 1.96. The highest BCUT2D eigenvalue weighted by atomic mass is 79.9. The third-order valence-corrected chi connectivity index (χ3v) is 4.48. The number of hydrogen-bond acceptors (Lipinski definition) is 4. The van der Waals surface area contributed by atoms with Crippen LogP contribution in [0.2, 0.25) is 0 Å². The minimum absolute atomic E-state index is 0.675. The van der Waals surface area contributed by atoms with Crippen LogP contribution in [0, 0.1) is 0 Å². The van der Waals surface area contributed by atoms with Crippen molar-refractivity contribution in [2.75, 3.05) is 12.4 Å². The highest BCUT2D eigenvalue weighted by Gasteiger charge is 2.19. The number of nitrogens with zero attached hydrogens (tertiary/aromatic N) is 3. The number of fused-ring (bicyclic) bond motifs is 1. The van der Waals surface area contributed by atoms with Crippen LogP contribution in [0.25, 0.3) is 11.5 Å². The number of pyridine rings is 1. The first-order valence-corrected chi connectivity index (χ1v) is 8.16. The number of nitrogens with one attached hydrogen (secondary N) is 1. The number of aromatic nitrogens is 3. The van der Waals surface area contributed by atoms with Gasteiger partial charge < -0.3 is 5.32 Å². The second-order valence-electron chi connectivity index (χ2n) is 4.76. The van der Waals surface area contributed by atoms with Gasteiger partial charge in [-0.05, 0) is 63.6 Å². The fourth-order valence-corrected chi connectivity index (χ4v) is 3.65. The van der Waals surface area contributed by atoms with Gasteiger partial charge in [0.25, 0.3) is 0 Å². The fraction of sp³-hybridized carbons (Fsp3) is 0.357. The van der Waals surface area contributed by atoms with Crippen molar-refractivity contribution in [3.8, 4) is 11.5 Å². The second kappa shape index (κ2) is 5.77. The molecule has 104 valence electrons. The lowest BCUT2D eigenvalue weighted by Gasteiger charge is -2.18. The molecule has 0 amide bonds. The Morgan fingerprint density at radius 2 is 1.95 bits per heavy atom. The topological polar surface area (TPSA) is 50.7 Å². The minimum Gasteiger partial charge on any atom is -0.373 e. The molecule has 2 aromatic rings. The Morgan fingerprint density at radius 1 is 1.15 bits per heavy atom. The van der Waals surface area contributed by atoms with Crippen LogP contribution >= 0.6 is 31.9 Å². The summed E-state index contributed by atoms with van der Waals surface area (Å²) in [5.74, 6) is 1.61. The lowest BCUT2D eigenvalue weighted by atomic mass is 9.96. The lowest BCUT2D eigenvalue weighted by Crippen LogP contribution is -2.12. The zero-order valence-corrected chi connectivity index (χ0v) is 14.3. The van der Waals surface area contributed by atoms with Gasteiger partial charge in [0.2, 0.25) is 0 Å². The van der Waals surface area contributed by atoms with Crippen LogP contribution in [0.3, 0.4) is 0 Å². The van der Waals surface area contributed by atoms with E-state index in [1.165, 1.54) is 18.4 Å². The molecule has 1 aliphatic carbocycles. The second-order valence-corrected chi connectivity index (χ2v) is 6.53. The average Bonchev–Trinajstić information content (AvgIpc) is 2.46. The van der Waals surface area contributed by atoms with Gasteiger partial charge in [0, 0.05) is 33.4 Å². The first kappa shape index (κ1) is 13.9. The van der Waals surface area contributed by atoms with Crippen molar-refractivity contribution < 1.29 is 0 Å². The number of hydrogen-bond donors (Lipinski definition) is 1. The van der Waals surface area contributed by atoms with Crippen LogP contribution in [-0.4, -0.2) is 22.0 Å². The summed E-state index contributed by atoms with van der Waals surface area (Å²) < 4.78 is 1.82. The molecule has 0 aromatic carbocycles. The van der Waals surface area contributed by atoms with Gasteiger partial charge in [-0.1, -0.05) is 0 Å². The average molecular weight is 398 g/mol. The smallest absolute Gasteiger partial charge is 0.181 e. The van der Waals surface area contributed by atoms with Gasteiger partial charge in [0.15, 0.2) is 5.82 Å². The predicted octanol–water partition coefficient (Wildman–Crippen LogP) is 3.98. The summed E-state index contributed by atoms with van der Waals surface area (Å²) in [4.78, 5) is 13.8. The molecule has 1 N–H and O–H groups in total. The van der Waals surface area contributed by atoms with E-state index in [-0.39, 0.29) is 0 Å². The summed E-state index contributed by atoms with van der Waals surface area (Å²) in [6.45, 7) is 0. The van der Waals surface area contributed by atoms with E-state index >= 15 is 0 Å². The van der Waals surface area contributed by atoms with Crippen molar-refractivity contribution in [2.45, 2.75) is 25.7 Å². The van der Waals surface area contributed by atoms with Crippen molar-refractivity contribution in [3.63, 3.8) is 0 Å². The maximum Gasteiger partial charge on any atom is 0.181 e. The van der Waals surface area contributed by atoms with E-state index in [0.29, 0.717) is 5.82 Å². The summed E-state index contributed by atoms with van der Waals surface area (Å²) >= 11 is 6.94. The molecular weight excluding hydrogens is 384 g/mol. The predicted molar refractivity (Wildman–Crippen MR) is 86.9 cm³/mol. The highest BCUT2D eigenvalue weighted by Crippen LogP contribution is 2.31. The van der Waals surface area contributed by atoms with Gasteiger partial charge in [-0.25, -0.2) is 9.97 Å². The molecule has 0 fully saturated rings. The van der Waals surface area contributed by atoms with E-state index in [1.807, 2.05) is 13.1 Å². The highest BCUT2D eigenvalue weighted by molar-refractivity contribution is 9.11. The molecule has 0 saturated heterocycles. The molecule has 2 aromatic heterocycles. The van der Waals surface area contributed by atoms with Crippen molar-refractivity contribution in [3.05, 3.63) is 32.5 Å². The number of anilines is 1. The van der Waals surface area contributed by atoms with E-state index < -0.39 is 0 Å². The Bertz CT molecular complexity index is 641. The molecule has 0 spiro atoms. The Hall–Kier alpha value is -1.01. The molecule has 1 aliphatic rings. The van der Waals surface area contributed by atoms with Crippen LogP contribution in [0.1, 0.15) is 24.1 Å². The van der Waals surface area contributed by atoms with E-state index in [1.54, 1.807) is 6.20 Å². The quantitative estimate of drug-likeness (QED) is 0.832. The maximum absolute atomic E-state index is 4.72. The number of aryl methyl sites for hydroxylation is 1. The molecule has 20 heavy (non-hydrogen) atoms. The van der Waals surface area contributed by atoms with Crippen molar-refractivity contribution in [1.29, 1.82) is 0 Å². The van der Waals surface area contributed by atoms with Gasteiger partial charge in [0.05, 0.1) is 0 Å². The molecule has 0 saturated carbocycles. The summed E-state index contributed by atoms with van der Waals surface area (Å²) in [7, 11) is 1.91. The monoisotopic (exact) mass is 396 g/mol. The molecule has 0 atom stereocenters. The van der Waals surface area contributed by atoms with E-state index in [0.717, 1.165) is 39.0 Å². The van der Waals surface area contributed by atoms with E-state index in [4.69, 9.17) is 4.98 Å². The van der Waals surface area contributed by atoms with Gasteiger partial charge in [-0.3, -0.25) is 4.98 Å². The summed E-state index contributed by atoms with van der Waals surface area (Å²) in [6.07, 6.45) is 6.25. The lowest BCUT2D eigenvalue weighted by molar-refractivity contribution is 0.665. The van der Waals surface area contributed by atoms with Gasteiger partial charge in [0.1, 0.15) is 11.5 Å². The number of halogens is 2. The van der Waals surface area contributed by atoms with E-state index in [2.05, 4.69) is 47.1 Å². The maximum atomic E-state index is 4.72. The molecular formula is C14H14Br2N4. The SMILES string of the molecule is CNc1nc(-c2ncc(Br)cc2Br)nc2c1CCCC2. The Labute approximate surface area is 134 Å². The first-order chi connectivity index (χ1) is 9.69. The van der Waals surface area contributed by atoms with Crippen LogP contribution in [0.4, 0.5) is 5.82 Å². The van der Waals surface area contributed by atoms with Crippen LogP contribution in [-0.2, 0) is 12.8 Å². The van der Waals surface area contributed by atoms with Crippen molar-refractivity contribution in [2.24, 2.45) is 0 Å². The standard InChI is InChI=1S/C14H14Br2N4/c1-17-13-9-4-2-3-5-11(9)19-14(20-13)12-10(16)6-8(15)7-18-12/h6-7H,2-5H2,1H3,(H,17,19,20). The molecule has 6 heteroatoms. The Balaban J connectivity index is 2.14. The Kier molecular flexibility index (Phi) is 4.03. The van der Waals surface area contributed by atoms with Crippen LogP contribution in [0.5, 0.6) is 0 Å². The molecule has 3 rings (SSSR count). The van der Waals surface area contributed by atoms with Gasteiger partial charge >= 0.3 is 0 Å².